The van der Waals surface area contributed by atoms with Gasteiger partial charge in [-0.15, -0.1) is 0 Å². The van der Waals surface area contributed by atoms with Crippen molar-refractivity contribution in [3.8, 4) is 0 Å². The van der Waals surface area contributed by atoms with Crippen LogP contribution in [0.2, 0.25) is 0 Å². The summed E-state index contributed by atoms with van der Waals surface area (Å²) in [4.78, 5) is 17.3. The highest BCUT2D eigenvalue weighted by Gasteiger charge is 2.03. The van der Waals surface area contributed by atoms with Crippen LogP contribution < -0.4 is 10.2 Å². The molecule has 0 aromatic carbocycles. The van der Waals surface area contributed by atoms with Crippen LogP contribution >= 0.6 is 0 Å². The van der Waals surface area contributed by atoms with Gasteiger partial charge >= 0.3 is 6.09 Å². The Bertz CT molecular complexity index is 351. The van der Waals surface area contributed by atoms with Crippen molar-refractivity contribution < 1.29 is 9.53 Å². The number of anilines is 2. The SMILES string of the molecule is CCCCN(C)c1ccc(NC(=O)OC)cn1. The maximum atomic E-state index is 11.0. The van der Waals surface area contributed by atoms with Gasteiger partial charge < -0.3 is 9.64 Å². The molecule has 0 atom stereocenters. The van der Waals surface area contributed by atoms with Gasteiger partial charge in [0.2, 0.25) is 0 Å². The number of methoxy groups -OCH3 is 1. The number of pyridine rings is 1. The molecule has 94 valence electrons. The molecule has 1 rings (SSSR count). The van der Waals surface area contributed by atoms with Gasteiger partial charge in [-0.25, -0.2) is 9.78 Å². The first kappa shape index (κ1) is 13.3. The van der Waals surface area contributed by atoms with E-state index in [4.69, 9.17) is 0 Å². The molecular weight excluding hydrogens is 218 g/mol. The monoisotopic (exact) mass is 237 g/mol. The van der Waals surface area contributed by atoms with Crippen LogP contribution in [0.4, 0.5) is 16.3 Å². The van der Waals surface area contributed by atoms with Gasteiger partial charge in [-0.2, -0.15) is 0 Å². The molecule has 0 bridgehead atoms. The molecule has 1 aromatic rings. The number of hydrogen-bond donors (Lipinski definition) is 1. The molecule has 0 aliphatic rings. The van der Waals surface area contributed by atoms with E-state index in [1.165, 1.54) is 7.11 Å². The molecule has 1 amide bonds. The molecule has 5 heteroatoms. The Labute approximate surface area is 102 Å². The second kappa shape index (κ2) is 6.73. The maximum Gasteiger partial charge on any atom is 0.411 e. The van der Waals surface area contributed by atoms with Gasteiger partial charge in [0.1, 0.15) is 5.82 Å². The van der Waals surface area contributed by atoms with Crippen molar-refractivity contribution in [1.82, 2.24) is 4.98 Å². The Morgan fingerprint density at radius 2 is 2.29 bits per heavy atom. The average Bonchev–Trinajstić information content (AvgIpc) is 2.36. The standard InChI is InChI=1S/C12H19N3O2/c1-4-5-8-15(2)11-7-6-10(9-13-11)14-12(16)17-3/h6-7,9H,4-5,8H2,1-3H3,(H,14,16). The second-order valence-corrected chi connectivity index (χ2v) is 3.80. The number of carbonyl (C=O) groups is 1. The number of nitrogens with zero attached hydrogens (tertiary/aromatic N) is 2. The molecule has 1 N–H and O–H groups in total. The molecule has 0 aliphatic carbocycles. The zero-order valence-corrected chi connectivity index (χ0v) is 10.6. The number of amides is 1. The quantitative estimate of drug-likeness (QED) is 0.854. The molecule has 0 saturated heterocycles. The first-order valence-electron chi connectivity index (χ1n) is 5.69. The molecule has 17 heavy (non-hydrogen) atoms. The van der Waals surface area contributed by atoms with E-state index in [-0.39, 0.29) is 0 Å². The van der Waals surface area contributed by atoms with Gasteiger partial charge in [-0.1, -0.05) is 13.3 Å². The van der Waals surface area contributed by atoms with E-state index in [9.17, 15) is 4.79 Å². The van der Waals surface area contributed by atoms with Crippen LogP contribution in [-0.2, 0) is 4.74 Å². The maximum absolute atomic E-state index is 11.0. The highest BCUT2D eigenvalue weighted by molar-refractivity contribution is 5.84. The number of rotatable bonds is 5. The lowest BCUT2D eigenvalue weighted by atomic mass is 10.3. The average molecular weight is 237 g/mol. The predicted molar refractivity (Wildman–Crippen MR) is 68.4 cm³/mol. The van der Waals surface area contributed by atoms with Gasteiger partial charge in [0, 0.05) is 13.6 Å². The van der Waals surface area contributed by atoms with Gasteiger partial charge in [0.25, 0.3) is 0 Å². The summed E-state index contributed by atoms with van der Waals surface area (Å²) in [5.74, 6) is 0.897. The van der Waals surface area contributed by atoms with Crippen molar-refractivity contribution in [2.24, 2.45) is 0 Å². The predicted octanol–water partition coefficient (Wildman–Crippen LogP) is 2.50. The first-order chi connectivity index (χ1) is 8.17. The largest absolute Gasteiger partial charge is 0.453 e. The van der Waals surface area contributed by atoms with Crippen molar-refractivity contribution in [3.63, 3.8) is 0 Å². The lowest BCUT2D eigenvalue weighted by Crippen LogP contribution is -2.19. The fraction of sp³-hybridized carbons (Fsp3) is 0.500. The Balaban J connectivity index is 2.57. The van der Waals surface area contributed by atoms with E-state index < -0.39 is 6.09 Å². The van der Waals surface area contributed by atoms with Crippen LogP contribution in [-0.4, -0.2) is 31.8 Å². The zero-order chi connectivity index (χ0) is 12.7. The van der Waals surface area contributed by atoms with Gasteiger partial charge in [-0.05, 0) is 18.6 Å². The van der Waals surface area contributed by atoms with Crippen molar-refractivity contribution >= 4 is 17.6 Å². The minimum absolute atomic E-state index is 0.487. The van der Waals surface area contributed by atoms with Crippen LogP contribution in [0, 0.1) is 0 Å². The summed E-state index contributed by atoms with van der Waals surface area (Å²) in [6.45, 7) is 3.14. The normalized spacial score (nSPS) is 9.82. The zero-order valence-electron chi connectivity index (χ0n) is 10.6. The third-order valence-corrected chi connectivity index (χ3v) is 2.42. The van der Waals surface area contributed by atoms with Gasteiger partial charge in [-0.3, -0.25) is 5.32 Å². The third kappa shape index (κ3) is 4.30. The number of hydrogen-bond acceptors (Lipinski definition) is 4. The van der Waals surface area contributed by atoms with E-state index >= 15 is 0 Å². The van der Waals surface area contributed by atoms with E-state index in [1.54, 1.807) is 6.20 Å². The molecule has 5 nitrogen and oxygen atoms in total. The van der Waals surface area contributed by atoms with Crippen molar-refractivity contribution in [2.75, 3.05) is 30.9 Å². The topological polar surface area (TPSA) is 54.5 Å². The van der Waals surface area contributed by atoms with Crippen LogP contribution in [0.5, 0.6) is 0 Å². The molecule has 0 spiro atoms. The van der Waals surface area contributed by atoms with E-state index in [1.807, 2.05) is 19.2 Å². The molecule has 0 aliphatic heterocycles. The fourth-order valence-corrected chi connectivity index (χ4v) is 1.36. The van der Waals surface area contributed by atoms with Crippen LogP contribution in [0.25, 0.3) is 0 Å². The summed E-state index contributed by atoms with van der Waals surface area (Å²) < 4.78 is 4.50. The lowest BCUT2D eigenvalue weighted by molar-refractivity contribution is 0.187. The molecule has 0 saturated carbocycles. The minimum Gasteiger partial charge on any atom is -0.453 e. The Hall–Kier alpha value is -1.78. The number of ether oxygens (including phenoxy) is 1. The summed E-state index contributed by atoms with van der Waals surface area (Å²) in [5.41, 5.74) is 0.629. The molecule has 0 radical (unpaired) electrons. The highest BCUT2D eigenvalue weighted by atomic mass is 16.5. The van der Waals surface area contributed by atoms with Crippen LogP contribution in [0.1, 0.15) is 19.8 Å². The molecule has 1 heterocycles. The van der Waals surface area contributed by atoms with Gasteiger partial charge in [0.15, 0.2) is 0 Å². The number of unbranched alkanes of at least 4 members (excludes halogenated alkanes) is 1. The molecular formula is C12H19N3O2. The second-order valence-electron chi connectivity index (χ2n) is 3.80. The lowest BCUT2D eigenvalue weighted by Gasteiger charge is -2.17. The number of nitrogens with one attached hydrogen (secondary N) is 1. The number of aromatic nitrogens is 1. The fourth-order valence-electron chi connectivity index (χ4n) is 1.36. The third-order valence-electron chi connectivity index (χ3n) is 2.42. The number of carbonyl (C=O) groups excluding carboxylic acids is 1. The molecule has 0 fully saturated rings. The summed E-state index contributed by atoms with van der Waals surface area (Å²) in [7, 11) is 3.33. The van der Waals surface area contributed by atoms with Crippen LogP contribution in [0.15, 0.2) is 18.3 Å². The summed E-state index contributed by atoms with van der Waals surface area (Å²) in [6, 6.07) is 3.68. The Morgan fingerprint density at radius 3 is 2.82 bits per heavy atom. The van der Waals surface area contributed by atoms with E-state index in [0.29, 0.717) is 5.69 Å². The summed E-state index contributed by atoms with van der Waals surface area (Å²) in [5, 5.41) is 2.56. The smallest absolute Gasteiger partial charge is 0.411 e. The highest BCUT2D eigenvalue weighted by Crippen LogP contribution is 2.13. The van der Waals surface area contributed by atoms with Crippen molar-refractivity contribution in [2.45, 2.75) is 19.8 Å². The summed E-state index contributed by atoms with van der Waals surface area (Å²) in [6.07, 6.45) is 3.43. The minimum atomic E-state index is -0.487. The van der Waals surface area contributed by atoms with Gasteiger partial charge in [0.05, 0.1) is 19.0 Å². The summed E-state index contributed by atoms with van der Waals surface area (Å²) >= 11 is 0. The molecule has 1 aromatic heterocycles. The molecule has 0 unspecified atom stereocenters. The Kier molecular flexibility index (Phi) is 5.26. The van der Waals surface area contributed by atoms with Crippen molar-refractivity contribution in [3.05, 3.63) is 18.3 Å². The van der Waals surface area contributed by atoms with E-state index in [2.05, 4.69) is 26.9 Å². The van der Waals surface area contributed by atoms with E-state index in [0.717, 1.165) is 25.2 Å². The first-order valence-corrected chi connectivity index (χ1v) is 5.69. The van der Waals surface area contributed by atoms with Crippen LogP contribution in [0.3, 0.4) is 0 Å². The Morgan fingerprint density at radius 1 is 1.53 bits per heavy atom. The van der Waals surface area contributed by atoms with Crippen molar-refractivity contribution in [1.29, 1.82) is 0 Å².